The van der Waals surface area contributed by atoms with Crippen molar-refractivity contribution < 1.29 is 17.9 Å². The fraction of sp³-hybridized carbons (Fsp3) is 0.263. The van der Waals surface area contributed by atoms with Crippen molar-refractivity contribution >= 4 is 34.3 Å². The van der Waals surface area contributed by atoms with E-state index in [0.717, 1.165) is 17.3 Å². The third kappa shape index (κ3) is 4.44. The number of alkyl halides is 3. The number of methoxy groups -OCH3 is 1. The Hall–Kier alpha value is -2.19. The van der Waals surface area contributed by atoms with Gasteiger partial charge in [0, 0.05) is 10.8 Å². The van der Waals surface area contributed by atoms with Crippen LogP contribution >= 0.6 is 23.4 Å². The molecule has 0 aliphatic rings. The molecule has 1 heterocycles. The number of nitrogens with zero attached hydrogens (tertiary/aromatic N) is 2. The molecule has 0 aliphatic heterocycles. The van der Waals surface area contributed by atoms with Crippen LogP contribution in [0.2, 0.25) is 5.02 Å². The molecule has 4 nitrogen and oxygen atoms in total. The monoisotopic (exact) mass is 428 g/mol. The van der Waals surface area contributed by atoms with Gasteiger partial charge in [0.1, 0.15) is 5.75 Å². The van der Waals surface area contributed by atoms with E-state index in [2.05, 4.69) is 4.98 Å². The Morgan fingerprint density at radius 1 is 1.21 bits per heavy atom. The van der Waals surface area contributed by atoms with Crippen LogP contribution in [-0.4, -0.2) is 28.6 Å². The molecule has 0 fully saturated rings. The summed E-state index contributed by atoms with van der Waals surface area (Å²) < 4.78 is 44.4. The number of halogens is 4. The molecule has 1 aromatic heterocycles. The van der Waals surface area contributed by atoms with E-state index < -0.39 is 18.2 Å². The summed E-state index contributed by atoms with van der Waals surface area (Å²) in [5.41, 5.74) is 1.21. The Bertz CT molecular complexity index is 1080. The second-order valence-electron chi connectivity index (χ2n) is 6.09. The quantitative estimate of drug-likeness (QED) is 0.403. The van der Waals surface area contributed by atoms with Crippen LogP contribution < -0.4 is 10.3 Å². The molecule has 0 aliphatic carbocycles. The lowest BCUT2D eigenvalue weighted by atomic mass is 10.2. The normalized spacial score (nSPS) is 11.8. The highest BCUT2D eigenvalue weighted by atomic mass is 35.5. The predicted octanol–water partition coefficient (Wildman–Crippen LogP) is 5.40. The molecule has 0 spiro atoms. The SMILES string of the molecule is COc1ccc(C)cc1-n1c(SCCC(F)(F)F)nc2cc(Cl)ccc2c1=O. The van der Waals surface area contributed by atoms with Gasteiger partial charge in [0.2, 0.25) is 0 Å². The number of aromatic nitrogens is 2. The molecule has 0 saturated heterocycles. The molecule has 148 valence electrons. The first-order valence-electron chi connectivity index (χ1n) is 8.26. The molecule has 3 rings (SSSR count). The predicted molar refractivity (Wildman–Crippen MR) is 105 cm³/mol. The largest absolute Gasteiger partial charge is 0.495 e. The molecule has 28 heavy (non-hydrogen) atoms. The van der Waals surface area contributed by atoms with E-state index in [1.807, 2.05) is 13.0 Å². The smallest absolute Gasteiger partial charge is 0.389 e. The van der Waals surface area contributed by atoms with Crippen molar-refractivity contribution in [3.8, 4) is 11.4 Å². The van der Waals surface area contributed by atoms with Gasteiger partial charge in [-0.3, -0.25) is 9.36 Å². The Morgan fingerprint density at radius 3 is 2.64 bits per heavy atom. The fourth-order valence-electron chi connectivity index (χ4n) is 2.68. The maximum absolute atomic E-state index is 13.2. The zero-order valence-corrected chi connectivity index (χ0v) is 16.6. The molecule has 0 radical (unpaired) electrons. The Balaban J connectivity index is 2.23. The fourth-order valence-corrected chi connectivity index (χ4v) is 3.84. The van der Waals surface area contributed by atoms with Crippen molar-refractivity contribution in [2.45, 2.75) is 24.7 Å². The standard InChI is InChI=1S/C19H16ClF3N2O2S/c1-11-3-6-16(27-2)15(9-11)25-17(26)13-5-4-12(20)10-14(13)24-18(25)28-8-7-19(21,22)23/h3-6,9-10H,7-8H2,1-2H3. The van der Waals surface area contributed by atoms with Gasteiger partial charge < -0.3 is 4.74 Å². The Kier molecular flexibility index (Phi) is 5.90. The molecule has 2 aromatic carbocycles. The third-order valence-corrected chi connectivity index (χ3v) is 5.17. The summed E-state index contributed by atoms with van der Waals surface area (Å²) >= 11 is 6.85. The summed E-state index contributed by atoms with van der Waals surface area (Å²) in [6, 6.07) is 9.89. The second kappa shape index (κ2) is 8.05. The first-order chi connectivity index (χ1) is 13.2. The minimum absolute atomic E-state index is 0.146. The van der Waals surface area contributed by atoms with Crippen LogP contribution in [0.5, 0.6) is 5.75 Å². The van der Waals surface area contributed by atoms with Gasteiger partial charge in [0.05, 0.1) is 30.1 Å². The van der Waals surface area contributed by atoms with Crippen LogP contribution in [0.15, 0.2) is 46.3 Å². The molecule has 3 aromatic rings. The summed E-state index contributed by atoms with van der Waals surface area (Å²) in [5, 5.41) is 0.845. The lowest BCUT2D eigenvalue weighted by Crippen LogP contribution is -2.22. The van der Waals surface area contributed by atoms with Crippen LogP contribution in [0.3, 0.4) is 0 Å². The number of thioether (sulfide) groups is 1. The lowest BCUT2D eigenvalue weighted by molar-refractivity contribution is -0.129. The maximum Gasteiger partial charge on any atom is 0.389 e. The van der Waals surface area contributed by atoms with Crippen molar-refractivity contribution in [2.75, 3.05) is 12.9 Å². The summed E-state index contributed by atoms with van der Waals surface area (Å²) in [4.78, 5) is 17.6. The van der Waals surface area contributed by atoms with Crippen LogP contribution in [0.25, 0.3) is 16.6 Å². The molecule has 0 atom stereocenters. The summed E-state index contributed by atoms with van der Waals surface area (Å²) in [6.07, 6.45) is -5.29. The number of aryl methyl sites for hydroxylation is 1. The molecule has 0 bridgehead atoms. The van der Waals surface area contributed by atoms with Gasteiger partial charge in [-0.05, 0) is 42.8 Å². The molecule has 0 unspecified atom stereocenters. The molecular weight excluding hydrogens is 413 g/mol. The highest BCUT2D eigenvalue weighted by Crippen LogP contribution is 2.30. The van der Waals surface area contributed by atoms with Crippen molar-refractivity contribution in [3.05, 3.63) is 57.3 Å². The van der Waals surface area contributed by atoms with E-state index in [4.69, 9.17) is 16.3 Å². The average Bonchev–Trinajstić information content (AvgIpc) is 2.60. The van der Waals surface area contributed by atoms with Crippen LogP contribution in [0, 0.1) is 6.92 Å². The number of hydrogen-bond donors (Lipinski definition) is 0. The van der Waals surface area contributed by atoms with Gasteiger partial charge in [-0.2, -0.15) is 13.2 Å². The highest BCUT2D eigenvalue weighted by molar-refractivity contribution is 7.99. The minimum atomic E-state index is -4.29. The lowest BCUT2D eigenvalue weighted by Gasteiger charge is -2.16. The van der Waals surface area contributed by atoms with Crippen LogP contribution in [0.1, 0.15) is 12.0 Å². The van der Waals surface area contributed by atoms with Crippen molar-refractivity contribution in [3.63, 3.8) is 0 Å². The number of benzene rings is 2. The zero-order chi connectivity index (χ0) is 20.5. The van der Waals surface area contributed by atoms with E-state index >= 15 is 0 Å². The van der Waals surface area contributed by atoms with Gasteiger partial charge in [-0.25, -0.2) is 4.98 Å². The van der Waals surface area contributed by atoms with Gasteiger partial charge in [-0.15, -0.1) is 0 Å². The van der Waals surface area contributed by atoms with E-state index in [1.165, 1.54) is 17.7 Å². The van der Waals surface area contributed by atoms with E-state index in [-0.39, 0.29) is 10.9 Å². The van der Waals surface area contributed by atoms with Gasteiger partial charge >= 0.3 is 6.18 Å². The van der Waals surface area contributed by atoms with Crippen molar-refractivity contribution in [1.29, 1.82) is 0 Å². The Morgan fingerprint density at radius 2 is 1.96 bits per heavy atom. The third-order valence-electron chi connectivity index (χ3n) is 3.99. The van der Waals surface area contributed by atoms with Crippen molar-refractivity contribution in [2.24, 2.45) is 0 Å². The summed E-state index contributed by atoms with van der Waals surface area (Å²) in [6.45, 7) is 1.85. The van der Waals surface area contributed by atoms with E-state index in [0.29, 0.717) is 27.4 Å². The minimum Gasteiger partial charge on any atom is -0.495 e. The number of ether oxygens (including phenoxy) is 1. The summed E-state index contributed by atoms with van der Waals surface area (Å²) in [5.74, 6) is 0.149. The molecular formula is C19H16ClF3N2O2S. The Labute approximate surface area is 168 Å². The molecule has 0 N–H and O–H groups in total. The first kappa shape index (κ1) is 20.5. The number of rotatable bonds is 5. The van der Waals surface area contributed by atoms with E-state index in [9.17, 15) is 18.0 Å². The number of fused-ring (bicyclic) bond motifs is 1. The zero-order valence-electron chi connectivity index (χ0n) is 15.0. The second-order valence-corrected chi connectivity index (χ2v) is 7.58. The van der Waals surface area contributed by atoms with Gasteiger partial charge in [-0.1, -0.05) is 29.4 Å². The average molecular weight is 429 g/mol. The molecule has 0 amide bonds. The molecule has 9 heteroatoms. The van der Waals surface area contributed by atoms with Crippen molar-refractivity contribution in [1.82, 2.24) is 9.55 Å². The molecule has 0 saturated carbocycles. The first-order valence-corrected chi connectivity index (χ1v) is 9.63. The number of hydrogen-bond acceptors (Lipinski definition) is 4. The van der Waals surface area contributed by atoms with Gasteiger partial charge in [0.25, 0.3) is 5.56 Å². The van der Waals surface area contributed by atoms with Gasteiger partial charge in [0.15, 0.2) is 5.16 Å². The topological polar surface area (TPSA) is 44.1 Å². The van der Waals surface area contributed by atoms with E-state index in [1.54, 1.807) is 24.3 Å². The summed E-state index contributed by atoms with van der Waals surface area (Å²) in [7, 11) is 1.46. The van der Waals surface area contributed by atoms with Crippen LogP contribution in [-0.2, 0) is 0 Å². The highest BCUT2D eigenvalue weighted by Gasteiger charge is 2.27. The maximum atomic E-state index is 13.2. The van der Waals surface area contributed by atoms with Crippen LogP contribution in [0.4, 0.5) is 13.2 Å².